The van der Waals surface area contributed by atoms with Crippen molar-refractivity contribution in [1.82, 2.24) is 4.98 Å². The van der Waals surface area contributed by atoms with Crippen LogP contribution in [0.2, 0.25) is 0 Å². The maximum Gasteiger partial charge on any atom is 0.308 e. The number of aromatic nitrogens is 1. The molecule has 0 spiro atoms. The number of hydrogen-bond acceptors (Lipinski definition) is 4. The molecule has 0 radical (unpaired) electrons. The van der Waals surface area contributed by atoms with Crippen LogP contribution < -0.4 is 4.90 Å². The molecule has 1 rings (SSSR count). The van der Waals surface area contributed by atoms with E-state index in [1.165, 1.54) is 0 Å². The Morgan fingerprint density at radius 1 is 1.35 bits per heavy atom. The maximum absolute atomic E-state index is 10.9. The van der Waals surface area contributed by atoms with Crippen LogP contribution in [0.5, 0.6) is 0 Å². The molecular weight excluding hydrogens is 224 g/mol. The molecule has 1 aromatic heterocycles. The smallest absolute Gasteiger partial charge is 0.308 e. The Bertz CT molecular complexity index is 394. The van der Waals surface area contributed by atoms with Crippen molar-refractivity contribution in [3.05, 3.63) is 24.5 Å². The summed E-state index contributed by atoms with van der Waals surface area (Å²) in [7, 11) is 1.72. The SMILES string of the molecule is CN(CC(CC(=O)O)C(=O)O)c1ccncc1. The molecule has 0 fully saturated rings. The normalized spacial score (nSPS) is 11.8. The number of rotatable bonds is 6. The standard InChI is InChI=1S/C11H14N2O4/c1-13(9-2-4-12-5-3-9)7-8(11(16)17)6-10(14)15/h2-5,8H,6-7H2,1H3,(H,14,15)(H,16,17). The van der Waals surface area contributed by atoms with E-state index in [-0.39, 0.29) is 13.0 Å². The Balaban J connectivity index is 2.67. The third-order valence-electron chi connectivity index (χ3n) is 2.37. The van der Waals surface area contributed by atoms with Gasteiger partial charge in [-0.3, -0.25) is 14.6 Å². The van der Waals surface area contributed by atoms with Gasteiger partial charge in [0.05, 0.1) is 12.3 Å². The van der Waals surface area contributed by atoms with Gasteiger partial charge in [-0.1, -0.05) is 0 Å². The first-order chi connectivity index (χ1) is 8.00. The molecule has 1 aromatic rings. The van der Waals surface area contributed by atoms with Crippen LogP contribution in [0.15, 0.2) is 24.5 Å². The van der Waals surface area contributed by atoms with Gasteiger partial charge >= 0.3 is 11.9 Å². The van der Waals surface area contributed by atoms with Crippen LogP contribution in [-0.4, -0.2) is 40.7 Å². The van der Waals surface area contributed by atoms with Gasteiger partial charge in [0.1, 0.15) is 0 Å². The number of nitrogens with zero attached hydrogens (tertiary/aromatic N) is 2. The van der Waals surface area contributed by atoms with Crippen LogP contribution in [0.25, 0.3) is 0 Å². The lowest BCUT2D eigenvalue weighted by atomic mass is 10.1. The van der Waals surface area contributed by atoms with Crippen LogP contribution in [0.4, 0.5) is 5.69 Å². The Labute approximate surface area is 98.5 Å². The van der Waals surface area contributed by atoms with Crippen molar-refractivity contribution in [2.24, 2.45) is 5.92 Å². The largest absolute Gasteiger partial charge is 0.481 e. The van der Waals surface area contributed by atoms with E-state index in [4.69, 9.17) is 10.2 Å². The summed E-state index contributed by atoms with van der Waals surface area (Å²) in [5.41, 5.74) is 0.802. The first-order valence-corrected chi connectivity index (χ1v) is 5.06. The van der Waals surface area contributed by atoms with Crippen molar-refractivity contribution in [3.8, 4) is 0 Å². The summed E-state index contributed by atoms with van der Waals surface area (Å²) >= 11 is 0. The molecule has 0 bridgehead atoms. The van der Waals surface area contributed by atoms with E-state index in [1.807, 2.05) is 0 Å². The third-order valence-corrected chi connectivity index (χ3v) is 2.37. The summed E-state index contributed by atoms with van der Waals surface area (Å²) in [4.78, 5) is 27.0. The highest BCUT2D eigenvalue weighted by Crippen LogP contribution is 2.14. The highest BCUT2D eigenvalue weighted by atomic mass is 16.4. The van der Waals surface area contributed by atoms with Gasteiger partial charge in [0.2, 0.25) is 0 Å². The summed E-state index contributed by atoms with van der Waals surface area (Å²) in [6.45, 7) is 0.144. The molecule has 0 saturated heterocycles. The Morgan fingerprint density at radius 2 is 1.94 bits per heavy atom. The number of anilines is 1. The number of aliphatic carboxylic acids is 2. The number of carboxylic acid groups (broad SMARTS) is 2. The van der Waals surface area contributed by atoms with Crippen molar-refractivity contribution in [2.75, 3.05) is 18.5 Å². The van der Waals surface area contributed by atoms with Crippen LogP contribution >= 0.6 is 0 Å². The van der Waals surface area contributed by atoms with Crippen LogP contribution in [0, 0.1) is 5.92 Å². The average Bonchev–Trinajstić information content (AvgIpc) is 2.28. The topological polar surface area (TPSA) is 90.7 Å². The average molecular weight is 238 g/mol. The second-order valence-electron chi connectivity index (χ2n) is 3.72. The molecule has 6 nitrogen and oxygen atoms in total. The number of hydrogen-bond donors (Lipinski definition) is 2. The van der Waals surface area contributed by atoms with E-state index in [1.54, 1.807) is 36.5 Å². The number of carboxylic acids is 2. The lowest BCUT2D eigenvalue weighted by Gasteiger charge is -2.22. The van der Waals surface area contributed by atoms with E-state index < -0.39 is 17.9 Å². The Kier molecular flexibility index (Phi) is 4.45. The Hall–Kier alpha value is -2.11. The van der Waals surface area contributed by atoms with Crippen molar-refractivity contribution >= 4 is 17.6 Å². The van der Waals surface area contributed by atoms with Gasteiger partial charge in [-0.2, -0.15) is 0 Å². The fraction of sp³-hybridized carbons (Fsp3) is 0.364. The summed E-state index contributed by atoms with van der Waals surface area (Å²) in [6.07, 6.45) is 2.81. The van der Waals surface area contributed by atoms with Crippen molar-refractivity contribution in [2.45, 2.75) is 6.42 Å². The molecule has 0 aliphatic carbocycles. The summed E-state index contributed by atoms with van der Waals surface area (Å²) in [5.74, 6) is -3.14. The minimum atomic E-state index is -1.11. The predicted octanol–water partition coefficient (Wildman–Crippen LogP) is 0.693. The number of pyridine rings is 1. The molecule has 92 valence electrons. The fourth-order valence-corrected chi connectivity index (χ4v) is 1.48. The minimum absolute atomic E-state index is 0.144. The molecule has 0 amide bonds. The Morgan fingerprint density at radius 3 is 2.41 bits per heavy atom. The van der Waals surface area contributed by atoms with E-state index in [2.05, 4.69) is 4.98 Å². The molecule has 0 saturated carbocycles. The first-order valence-electron chi connectivity index (χ1n) is 5.06. The maximum atomic E-state index is 10.9. The van der Waals surface area contributed by atoms with Gasteiger partial charge in [-0.25, -0.2) is 0 Å². The molecule has 0 aliphatic rings. The first kappa shape index (κ1) is 13.0. The second kappa shape index (κ2) is 5.83. The van der Waals surface area contributed by atoms with E-state index in [0.717, 1.165) is 5.69 Å². The summed E-state index contributed by atoms with van der Waals surface area (Å²) in [6, 6.07) is 3.47. The van der Waals surface area contributed by atoms with Gasteiger partial charge in [0, 0.05) is 31.7 Å². The number of carbonyl (C=O) groups is 2. The van der Waals surface area contributed by atoms with Crippen LogP contribution in [0.3, 0.4) is 0 Å². The highest BCUT2D eigenvalue weighted by Gasteiger charge is 2.22. The molecule has 1 unspecified atom stereocenters. The zero-order chi connectivity index (χ0) is 12.8. The van der Waals surface area contributed by atoms with Crippen molar-refractivity contribution < 1.29 is 19.8 Å². The summed E-state index contributed by atoms with van der Waals surface area (Å²) in [5, 5.41) is 17.5. The van der Waals surface area contributed by atoms with Gasteiger partial charge in [-0.05, 0) is 12.1 Å². The molecule has 1 atom stereocenters. The molecule has 0 aliphatic heterocycles. The van der Waals surface area contributed by atoms with Crippen molar-refractivity contribution in [1.29, 1.82) is 0 Å². The fourth-order valence-electron chi connectivity index (χ4n) is 1.48. The third kappa shape index (κ3) is 4.10. The molecule has 17 heavy (non-hydrogen) atoms. The quantitative estimate of drug-likeness (QED) is 0.757. The predicted molar refractivity (Wildman–Crippen MR) is 60.9 cm³/mol. The van der Waals surface area contributed by atoms with E-state index >= 15 is 0 Å². The molecule has 0 aromatic carbocycles. The highest BCUT2D eigenvalue weighted by molar-refractivity contribution is 5.78. The lowest BCUT2D eigenvalue weighted by Crippen LogP contribution is -2.31. The molecule has 6 heteroatoms. The molecule has 2 N–H and O–H groups in total. The van der Waals surface area contributed by atoms with Gasteiger partial charge in [0.15, 0.2) is 0 Å². The van der Waals surface area contributed by atoms with Crippen LogP contribution in [0.1, 0.15) is 6.42 Å². The van der Waals surface area contributed by atoms with Gasteiger partial charge in [-0.15, -0.1) is 0 Å². The molecule has 1 heterocycles. The van der Waals surface area contributed by atoms with E-state index in [0.29, 0.717) is 0 Å². The second-order valence-corrected chi connectivity index (χ2v) is 3.72. The lowest BCUT2D eigenvalue weighted by molar-refractivity contribution is -0.147. The van der Waals surface area contributed by atoms with E-state index in [9.17, 15) is 9.59 Å². The van der Waals surface area contributed by atoms with Crippen LogP contribution in [-0.2, 0) is 9.59 Å². The zero-order valence-corrected chi connectivity index (χ0v) is 9.41. The molecular formula is C11H14N2O4. The monoisotopic (exact) mass is 238 g/mol. The van der Waals surface area contributed by atoms with Gasteiger partial charge in [0.25, 0.3) is 0 Å². The minimum Gasteiger partial charge on any atom is -0.481 e. The summed E-state index contributed by atoms with van der Waals surface area (Å²) < 4.78 is 0. The van der Waals surface area contributed by atoms with Crippen molar-refractivity contribution in [3.63, 3.8) is 0 Å². The van der Waals surface area contributed by atoms with Gasteiger partial charge < -0.3 is 15.1 Å². The zero-order valence-electron chi connectivity index (χ0n) is 9.41.